The number of ketones is 1. The van der Waals surface area contributed by atoms with Crippen LogP contribution in [0.2, 0.25) is 10.0 Å². The summed E-state index contributed by atoms with van der Waals surface area (Å²) < 4.78 is 6.09. The summed E-state index contributed by atoms with van der Waals surface area (Å²) in [4.78, 5) is 49.6. The molecule has 6 rings (SSSR count). The van der Waals surface area contributed by atoms with Crippen LogP contribution in [-0.2, 0) is 4.74 Å². The first-order valence-corrected chi connectivity index (χ1v) is 18.3. The first-order valence-electron chi connectivity index (χ1n) is 16.7. The van der Waals surface area contributed by atoms with Crippen LogP contribution in [0.4, 0.5) is 10.9 Å². The standard InChI is InChI=1S/C33H43Cl2N7O4S/c1-3-46-25-19-42(10-9-22(25)15-24(43)30-28(35)27(34)20(2)38-30)33-39-29(31(47-33)32(44)45)23-16-37-26(17-36-23)41-13-11-40(12-14-41)18-21-7-5-4-6-8-21/h16-17,21-22,25,38H,3-15,18-19H2,1-2H3,(H,44,45)/t22-,25-/m0/s1. The van der Waals surface area contributed by atoms with Crippen LogP contribution in [0.1, 0.15) is 77.7 Å². The molecule has 2 atom stereocenters. The Balaban J connectivity index is 1.10. The minimum Gasteiger partial charge on any atom is -0.477 e. The summed E-state index contributed by atoms with van der Waals surface area (Å²) in [7, 11) is 0. The molecule has 3 aliphatic rings. The molecule has 5 heterocycles. The van der Waals surface area contributed by atoms with Gasteiger partial charge in [-0.1, -0.05) is 53.8 Å². The van der Waals surface area contributed by atoms with Gasteiger partial charge in [-0.15, -0.1) is 0 Å². The van der Waals surface area contributed by atoms with Crippen molar-refractivity contribution in [1.29, 1.82) is 0 Å². The molecule has 11 nitrogen and oxygen atoms in total. The smallest absolute Gasteiger partial charge is 0.348 e. The molecule has 1 aliphatic carbocycles. The molecule has 14 heteroatoms. The maximum Gasteiger partial charge on any atom is 0.348 e. The van der Waals surface area contributed by atoms with Crippen LogP contribution in [0.25, 0.3) is 11.4 Å². The number of nitrogens with one attached hydrogen (secondary N) is 1. The molecule has 47 heavy (non-hydrogen) atoms. The van der Waals surface area contributed by atoms with Crippen molar-refractivity contribution in [3.8, 4) is 11.4 Å². The predicted molar refractivity (Wildman–Crippen MR) is 186 cm³/mol. The number of hydrogen-bond acceptors (Lipinski definition) is 10. The van der Waals surface area contributed by atoms with Gasteiger partial charge in [-0.05, 0) is 44.9 Å². The van der Waals surface area contributed by atoms with E-state index >= 15 is 0 Å². The van der Waals surface area contributed by atoms with Gasteiger partial charge >= 0.3 is 5.97 Å². The third kappa shape index (κ3) is 7.77. The number of carbonyl (C=O) groups is 2. The van der Waals surface area contributed by atoms with E-state index < -0.39 is 5.97 Å². The molecule has 3 fully saturated rings. The Morgan fingerprint density at radius 1 is 1.02 bits per heavy atom. The largest absolute Gasteiger partial charge is 0.477 e. The average Bonchev–Trinajstić information content (AvgIpc) is 3.64. The van der Waals surface area contributed by atoms with Crippen molar-refractivity contribution in [3.05, 3.63) is 38.7 Å². The van der Waals surface area contributed by atoms with Crippen LogP contribution < -0.4 is 9.80 Å². The number of Topliss-reactive ketones (excluding diaryl/α,β-unsaturated/α-hetero) is 1. The molecule has 0 aromatic carbocycles. The Bertz CT molecular complexity index is 1550. The molecule has 3 aromatic rings. The van der Waals surface area contributed by atoms with Gasteiger partial charge in [0.25, 0.3) is 0 Å². The van der Waals surface area contributed by atoms with Gasteiger partial charge < -0.3 is 24.6 Å². The Morgan fingerprint density at radius 2 is 1.79 bits per heavy atom. The molecule has 2 saturated heterocycles. The highest BCUT2D eigenvalue weighted by atomic mass is 35.5. The molecule has 0 unspecified atom stereocenters. The Hall–Kier alpha value is -2.77. The van der Waals surface area contributed by atoms with Gasteiger partial charge in [0.05, 0.1) is 28.5 Å². The van der Waals surface area contributed by atoms with Crippen LogP contribution in [0, 0.1) is 18.8 Å². The summed E-state index contributed by atoms with van der Waals surface area (Å²) in [6, 6.07) is 0. The number of carboxylic acid groups (broad SMARTS) is 1. The maximum atomic E-state index is 13.2. The van der Waals surface area contributed by atoms with Crippen LogP contribution >= 0.6 is 34.5 Å². The zero-order valence-corrected chi connectivity index (χ0v) is 29.3. The lowest BCUT2D eigenvalue weighted by Crippen LogP contribution is -2.48. The lowest BCUT2D eigenvalue weighted by atomic mass is 9.88. The van der Waals surface area contributed by atoms with E-state index in [4.69, 9.17) is 32.9 Å². The first-order chi connectivity index (χ1) is 22.7. The van der Waals surface area contributed by atoms with Crippen molar-refractivity contribution in [2.75, 3.05) is 62.2 Å². The summed E-state index contributed by atoms with van der Waals surface area (Å²) in [6.07, 6.45) is 10.9. The second kappa shape index (κ2) is 15.2. The minimum absolute atomic E-state index is 0.0388. The predicted octanol–water partition coefficient (Wildman–Crippen LogP) is 6.45. The number of nitrogens with zero attached hydrogens (tertiary/aromatic N) is 6. The van der Waals surface area contributed by atoms with Gasteiger partial charge in [-0.2, -0.15) is 0 Å². The number of anilines is 2. The third-order valence-electron chi connectivity index (χ3n) is 9.76. The summed E-state index contributed by atoms with van der Waals surface area (Å²) in [5.74, 6) is 0.430. The zero-order valence-electron chi connectivity index (χ0n) is 27.0. The number of aromatic amines is 1. The van der Waals surface area contributed by atoms with E-state index in [2.05, 4.69) is 24.8 Å². The summed E-state index contributed by atoms with van der Waals surface area (Å²) in [6.45, 7) is 10.3. The fraction of sp³-hybridized carbons (Fsp3) is 0.606. The van der Waals surface area contributed by atoms with Crippen molar-refractivity contribution in [1.82, 2.24) is 24.8 Å². The van der Waals surface area contributed by atoms with Gasteiger partial charge in [0.15, 0.2) is 10.9 Å². The second-order valence-electron chi connectivity index (χ2n) is 12.9. The molecule has 0 spiro atoms. The molecule has 0 amide bonds. The van der Waals surface area contributed by atoms with E-state index in [1.807, 2.05) is 11.8 Å². The number of ether oxygens (including phenoxy) is 1. The minimum atomic E-state index is -1.05. The van der Waals surface area contributed by atoms with E-state index in [9.17, 15) is 14.7 Å². The summed E-state index contributed by atoms with van der Waals surface area (Å²) in [5.41, 5.74) is 1.73. The lowest BCUT2D eigenvalue weighted by molar-refractivity contribution is 0.0103. The maximum absolute atomic E-state index is 13.2. The Labute approximate surface area is 289 Å². The monoisotopic (exact) mass is 703 g/mol. The number of halogens is 2. The molecule has 2 N–H and O–H groups in total. The molecular formula is C33H43Cl2N7O4S. The Kier molecular flexibility index (Phi) is 11.0. The normalized spacial score (nSPS) is 21.4. The number of piperidine rings is 1. The number of hydrogen-bond donors (Lipinski definition) is 2. The number of aromatic carboxylic acids is 1. The molecule has 1 saturated carbocycles. The highest BCUT2D eigenvalue weighted by molar-refractivity contribution is 7.17. The van der Waals surface area contributed by atoms with Crippen LogP contribution in [0.5, 0.6) is 0 Å². The molecule has 254 valence electrons. The van der Waals surface area contributed by atoms with E-state index in [0.29, 0.717) is 59.0 Å². The highest BCUT2D eigenvalue weighted by Gasteiger charge is 2.35. The van der Waals surface area contributed by atoms with Crippen molar-refractivity contribution >= 4 is 57.2 Å². The Morgan fingerprint density at radius 3 is 2.43 bits per heavy atom. The van der Waals surface area contributed by atoms with Gasteiger partial charge in [-0.25, -0.2) is 19.7 Å². The number of H-pyrrole nitrogens is 1. The third-order valence-corrected chi connectivity index (χ3v) is 11.8. The fourth-order valence-electron chi connectivity index (χ4n) is 7.14. The summed E-state index contributed by atoms with van der Waals surface area (Å²) in [5, 5.41) is 11.3. The molecule has 0 radical (unpaired) electrons. The number of carbonyl (C=O) groups excluding carboxylic acids is 1. The number of rotatable bonds is 11. The van der Waals surface area contributed by atoms with Gasteiger partial charge in [0, 0.05) is 64.5 Å². The van der Waals surface area contributed by atoms with Crippen LogP contribution in [0.3, 0.4) is 0 Å². The van der Waals surface area contributed by atoms with Crippen molar-refractivity contribution in [3.63, 3.8) is 0 Å². The molecule has 0 bridgehead atoms. The number of aryl methyl sites for hydroxylation is 1. The zero-order chi connectivity index (χ0) is 33.1. The van der Waals surface area contributed by atoms with E-state index in [1.54, 1.807) is 19.3 Å². The SMILES string of the molecule is CCO[C@H]1CN(c2nc(-c3cnc(N4CCN(CC5CCCCC5)CC4)cn3)c(C(=O)O)s2)CC[C@H]1CC(=O)c1[nH]c(C)c(Cl)c1Cl. The lowest BCUT2D eigenvalue weighted by Gasteiger charge is -2.38. The number of thiazole rings is 1. The fourth-order valence-corrected chi connectivity index (χ4v) is 8.53. The first kappa shape index (κ1) is 34.1. The van der Waals surface area contributed by atoms with E-state index in [-0.39, 0.29) is 34.1 Å². The van der Waals surface area contributed by atoms with Gasteiger partial charge in [-0.3, -0.25) is 9.69 Å². The number of piperazine rings is 1. The van der Waals surface area contributed by atoms with Gasteiger partial charge in [0.2, 0.25) is 0 Å². The van der Waals surface area contributed by atoms with Crippen molar-refractivity contribution in [2.24, 2.45) is 11.8 Å². The molecular weight excluding hydrogens is 661 g/mol. The van der Waals surface area contributed by atoms with Crippen molar-refractivity contribution in [2.45, 2.75) is 64.9 Å². The number of carboxylic acids is 1. The average molecular weight is 705 g/mol. The highest BCUT2D eigenvalue weighted by Crippen LogP contribution is 2.37. The van der Waals surface area contributed by atoms with Crippen LogP contribution in [-0.4, -0.2) is 100 Å². The second-order valence-corrected chi connectivity index (χ2v) is 14.6. The molecule has 3 aromatic heterocycles. The van der Waals surface area contributed by atoms with E-state index in [1.165, 1.54) is 38.6 Å². The van der Waals surface area contributed by atoms with Gasteiger partial charge in [0.1, 0.15) is 27.8 Å². The van der Waals surface area contributed by atoms with E-state index in [0.717, 1.165) is 49.3 Å². The quantitative estimate of drug-likeness (QED) is 0.215. The molecule has 2 aliphatic heterocycles. The summed E-state index contributed by atoms with van der Waals surface area (Å²) >= 11 is 13.6. The van der Waals surface area contributed by atoms with Crippen LogP contribution in [0.15, 0.2) is 12.4 Å². The van der Waals surface area contributed by atoms with Crippen molar-refractivity contribution < 1.29 is 19.4 Å². The topological polar surface area (TPSA) is 128 Å². The number of aromatic nitrogens is 4.